The highest BCUT2D eigenvalue weighted by Crippen LogP contribution is 2.17. The van der Waals surface area contributed by atoms with Gasteiger partial charge in [-0.15, -0.1) is 0 Å². The van der Waals surface area contributed by atoms with Crippen LogP contribution >= 0.6 is 0 Å². The van der Waals surface area contributed by atoms with Crippen LogP contribution in [0.4, 0.5) is 15.8 Å². The molecule has 3 nitrogen and oxygen atoms in total. The van der Waals surface area contributed by atoms with E-state index in [1.807, 2.05) is 6.07 Å². The van der Waals surface area contributed by atoms with Gasteiger partial charge in [-0.25, -0.2) is 4.39 Å². The predicted octanol–water partition coefficient (Wildman–Crippen LogP) is 2.61. The van der Waals surface area contributed by atoms with Crippen LogP contribution in [0.5, 0.6) is 0 Å². The maximum absolute atomic E-state index is 13.3. The number of nitrogens with one attached hydrogen (secondary N) is 1. The maximum atomic E-state index is 13.3. The zero-order chi connectivity index (χ0) is 10.7. The maximum Gasteiger partial charge on any atom is 0.148 e. The second-order valence-corrected chi connectivity index (χ2v) is 3.22. The molecule has 0 amide bonds. The van der Waals surface area contributed by atoms with Crippen LogP contribution in [0.25, 0.3) is 0 Å². The minimum Gasteiger partial charge on any atom is -0.472 e. The summed E-state index contributed by atoms with van der Waals surface area (Å²) in [5.74, 6) is -0.349. The highest BCUT2D eigenvalue weighted by atomic mass is 19.1. The Morgan fingerprint density at radius 3 is 2.87 bits per heavy atom. The molecule has 2 aromatic rings. The molecule has 0 unspecified atom stereocenters. The quantitative estimate of drug-likeness (QED) is 0.759. The molecule has 4 heteroatoms. The van der Waals surface area contributed by atoms with Gasteiger partial charge in [-0.3, -0.25) is 0 Å². The fourth-order valence-corrected chi connectivity index (χ4v) is 1.27. The summed E-state index contributed by atoms with van der Waals surface area (Å²) in [4.78, 5) is 0. The van der Waals surface area contributed by atoms with E-state index in [2.05, 4.69) is 5.32 Å². The Morgan fingerprint density at radius 1 is 1.33 bits per heavy atom. The van der Waals surface area contributed by atoms with E-state index in [-0.39, 0.29) is 5.82 Å². The smallest absolute Gasteiger partial charge is 0.148 e. The fraction of sp³-hybridized carbons (Fsp3) is 0.0909. The molecule has 0 radical (unpaired) electrons. The number of furan rings is 1. The van der Waals surface area contributed by atoms with Crippen LogP contribution in [0, 0.1) is 5.82 Å². The van der Waals surface area contributed by atoms with Crippen LogP contribution in [-0.2, 0) is 6.54 Å². The molecule has 0 bridgehead atoms. The summed E-state index contributed by atoms with van der Waals surface area (Å²) < 4.78 is 18.2. The van der Waals surface area contributed by atoms with Gasteiger partial charge in [-0.2, -0.15) is 0 Å². The van der Waals surface area contributed by atoms with Gasteiger partial charge in [0.25, 0.3) is 0 Å². The van der Waals surface area contributed by atoms with E-state index < -0.39 is 0 Å². The summed E-state index contributed by atoms with van der Waals surface area (Å²) in [5.41, 5.74) is 7.25. The molecule has 1 aromatic heterocycles. The van der Waals surface area contributed by atoms with E-state index in [0.717, 1.165) is 5.56 Å². The molecular weight excluding hydrogens is 195 g/mol. The first kappa shape index (κ1) is 9.58. The topological polar surface area (TPSA) is 51.2 Å². The molecule has 1 aromatic carbocycles. The Bertz CT molecular complexity index is 440. The van der Waals surface area contributed by atoms with E-state index in [1.165, 1.54) is 6.07 Å². The van der Waals surface area contributed by atoms with Gasteiger partial charge in [0.05, 0.1) is 18.2 Å². The molecule has 0 spiro atoms. The van der Waals surface area contributed by atoms with Crippen molar-refractivity contribution in [3.63, 3.8) is 0 Å². The van der Waals surface area contributed by atoms with Crippen molar-refractivity contribution in [1.82, 2.24) is 0 Å². The lowest BCUT2D eigenvalue weighted by Crippen LogP contribution is -2.00. The Hall–Kier alpha value is -1.97. The van der Waals surface area contributed by atoms with Gasteiger partial charge < -0.3 is 15.5 Å². The van der Waals surface area contributed by atoms with Gasteiger partial charge in [0.15, 0.2) is 0 Å². The van der Waals surface area contributed by atoms with Crippen molar-refractivity contribution >= 4 is 11.4 Å². The standard InChI is InChI=1S/C11H11FN2O/c12-10-5-9(13)1-2-11(10)14-6-8-3-4-15-7-8/h1-5,7,14H,6,13H2. The lowest BCUT2D eigenvalue weighted by atomic mass is 10.2. The molecule has 0 saturated heterocycles. The number of benzene rings is 1. The molecule has 0 aliphatic heterocycles. The third-order valence-electron chi connectivity index (χ3n) is 2.06. The van der Waals surface area contributed by atoms with Crippen LogP contribution < -0.4 is 11.1 Å². The van der Waals surface area contributed by atoms with E-state index in [1.54, 1.807) is 24.7 Å². The third-order valence-corrected chi connectivity index (χ3v) is 2.06. The largest absolute Gasteiger partial charge is 0.472 e. The average molecular weight is 206 g/mol. The van der Waals surface area contributed by atoms with Crippen LogP contribution in [0.15, 0.2) is 41.2 Å². The molecule has 0 atom stereocenters. The highest BCUT2D eigenvalue weighted by Gasteiger charge is 2.02. The van der Waals surface area contributed by atoms with Crippen molar-refractivity contribution in [2.45, 2.75) is 6.54 Å². The SMILES string of the molecule is Nc1ccc(NCc2ccoc2)c(F)c1. The molecular formula is C11H11FN2O. The average Bonchev–Trinajstić information content (AvgIpc) is 2.69. The van der Waals surface area contributed by atoms with Gasteiger partial charge in [0, 0.05) is 17.8 Å². The second kappa shape index (κ2) is 4.04. The molecule has 15 heavy (non-hydrogen) atoms. The van der Waals surface area contributed by atoms with Gasteiger partial charge in [0.1, 0.15) is 5.82 Å². The van der Waals surface area contributed by atoms with Crippen LogP contribution in [0.3, 0.4) is 0 Å². The van der Waals surface area contributed by atoms with E-state index in [4.69, 9.17) is 10.2 Å². The summed E-state index contributed by atoms with van der Waals surface area (Å²) in [6, 6.07) is 6.38. The summed E-state index contributed by atoms with van der Waals surface area (Å²) in [7, 11) is 0. The Balaban J connectivity index is 2.05. The molecule has 0 aliphatic carbocycles. The lowest BCUT2D eigenvalue weighted by molar-refractivity contribution is 0.564. The Morgan fingerprint density at radius 2 is 2.20 bits per heavy atom. The zero-order valence-corrected chi connectivity index (χ0v) is 8.03. The normalized spacial score (nSPS) is 10.2. The number of hydrogen-bond donors (Lipinski definition) is 2. The van der Waals surface area contributed by atoms with Crippen molar-refractivity contribution in [1.29, 1.82) is 0 Å². The number of rotatable bonds is 3. The Labute approximate surface area is 86.7 Å². The Kier molecular flexibility index (Phi) is 2.58. The highest BCUT2D eigenvalue weighted by molar-refractivity contribution is 5.52. The second-order valence-electron chi connectivity index (χ2n) is 3.22. The van der Waals surface area contributed by atoms with Crippen molar-refractivity contribution in [3.8, 4) is 0 Å². The number of anilines is 2. The molecule has 78 valence electrons. The van der Waals surface area contributed by atoms with Crippen LogP contribution in [0.2, 0.25) is 0 Å². The fourth-order valence-electron chi connectivity index (χ4n) is 1.27. The van der Waals surface area contributed by atoms with Gasteiger partial charge in [-0.1, -0.05) is 0 Å². The first-order valence-corrected chi connectivity index (χ1v) is 4.55. The first-order chi connectivity index (χ1) is 7.25. The van der Waals surface area contributed by atoms with Gasteiger partial charge >= 0.3 is 0 Å². The van der Waals surface area contributed by atoms with E-state index >= 15 is 0 Å². The number of hydrogen-bond acceptors (Lipinski definition) is 3. The molecule has 3 N–H and O–H groups in total. The third kappa shape index (κ3) is 2.28. The minimum absolute atomic E-state index is 0.349. The molecule has 0 fully saturated rings. The van der Waals surface area contributed by atoms with Crippen molar-refractivity contribution in [2.24, 2.45) is 0 Å². The first-order valence-electron chi connectivity index (χ1n) is 4.55. The minimum atomic E-state index is -0.349. The molecule has 0 aliphatic rings. The number of nitrogens with two attached hydrogens (primary N) is 1. The van der Waals surface area contributed by atoms with Crippen LogP contribution in [-0.4, -0.2) is 0 Å². The van der Waals surface area contributed by atoms with Gasteiger partial charge in [-0.05, 0) is 24.3 Å². The molecule has 2 rings (SSSR count). The summed E-state index contributed by atoms with van der Waals surface area (Å²) in [6.07, 6.45) is 3.19. The lowest BCUT2D eigenvalue weighted by Gasteiger charge is -2.06. The predicted molar refractivity (Wildman–Crippen MR) is 56.8 cm³/mol. The number of halogens is 1. The van der Waals surface area contributed by atoms with E-state index in [9.17, 15) is 4.39 Å². The van der Waals surface area contributed by atoms with Gasteiger partial charge in [0.2, 0.25) is 0 Å². The molecule has 1 heterocycles. The summed E-state index contributed by atoms with van der Waals surface area (Å²) in [5, 5.41) is 2.95. The zero-order valence-electron chi connectivity index (χ0n) is 8.03. The molecule has 0 saturated carbocycles. The van der Waals surface area contributed by atoms with Crippen LogP contribution in [0.1, 0.15) is 5.56 Å². The van der Waals surface area contributed by atoms with Crippen molar-refractivity contribution in [3.05, 3.63) is 48.2 Å². The number of nitrogen functional groups attached to an aromatic ring is 1. The van der Waals surface area contributed by atoms with E-state index in [0.29, 0.717) is 17.9 Å². The van der Waals surface area contributed by atoms with Crippen molar-refractivity contribution in [2.75, 3.05) is 11.1 Å². The van der Waals surface area contributed by atoms with Crippen molar-refractivity contribution < 1.29 is 8.81 Å². The summed E-state index contributed by atoms with van der Waals surface area (Å²) in [6.45, 7) is 0.525. The summed E-state index contributed by atoms with van der Waals surface area (Å²) >= 11 is 0. The monoisotopic (exact) mass is 206 g/mol.